The van der Waals surface area contributed by atoms with Gasteiger partial charge in [-0.1, -0.05) is 77.7 Å². The van der Waals surface area contributed by atoms with E-state index in [4.69, 9.17) is 10.6 Å². The van der Waals surface area contributed by atoms with Crippen LogP contribution in [0.1, 0.15) is 79.6 Å². The molecule has 0 aromatic heterocycles. The van der Waals surface area contributed by atoms with Gasteiger partial charge in [-0.25, -0.2) is 0 Å². The largest absolute Gasteiger partial charge is 2.00 e. The van der Waals surface area contributed by atoms with Gasteiger partial charge < -0.3 is 51.0 Å². The molecule has 0 aromatic carbocycles. The Kier molecular flexibility index (Phi) is 20.1. The Balaban J connectivity index is 0.00000288. The summed E-state index contributed by atoms with van der Waals surface area (Å²) in [5.41, 5.74) is 0. The fourth-order valence-electron chi connectivity index (χ4n) is 10.4. The van der Waals surface area contributed by atoms with Crippen LogP contribution in [0.5, 0.6) is 0 Å². The summed E-state index contributed by atoms with van der Waals surface area (Å²) < 4.78 is 0. The molecule has 10 nitrogen and oxygen atoms in total. The number of carbonyl (C=O) groups is 3. The Labute approximate surface area is 364 Å². The third kappa shape index (κ3) is 9.78. The van der Waals surface area contributed by atoms with Crippen molar-refractivity contribution in [2.45, 2.75) is 128 Å². The number of nitrogens with one attached hydrogen (secondary N) is 2. The fraction of sp³-hybridized carbons (Fsp3) is 0.853. The first-order chi connectivity index (χ1) is 20.9. The summed E-state index contributed by atoms with van der Waals surface area (Å²) in [6, 6.07) is -0.884. The van der Waals surface area contributed by atoms with Crippen LogP contribution in [0.3, 0.4) is 0 Å². The van der Waals surface area contributed by atoms with Crippen LogP contribution >= 0.6 is 0 Å². The summed E-state index contributed by atoms with van der Waals surface area (Å²) in [7, 11) is 0. The van der Waals surface area contributed by atoms with E-state index in [9.17, 15) is 29.7 Å². The van der Waals surface area contributed by atoms with Crippen molar-refractivity contribution < 1.29 is 135 Å². The summed E-state index contributed by atoms with van der Waals surface area (Å²) >= 11 is 0. The summed E-state index contributed by atoms with van der Waals surface area (Å²) in [5.74, 6) is -4.37. The summed E-state index contributed by atoms with van der Waals surface area (Å²) in [4.78, 5) is 36.6. The van der Waals surface area contributed by atoms with Crippen LogP contribution in [-0.4, -0.2) is 66.2 Å². The Morgan fingerprint density at radius 3 is 1.94 bits per heavy atom. The van der Waals surface area contributed by atoms with Crippen LogP contribution in [0.15, 0.2) is 12.7 Å². The van der Waals surface area contributed by atoms with Crippen molar-refractivity contribution in [1.29, 1.82) is 0 Å². The molecule has 0 spiro atoms. The third-order valence-corrected chi connectivity index (χ3v) is 12.9. The van der Waals surface area contributed by atoms with Crippen LogP contribution in [0.4, 0.5) is 0 Å². The van der Waals surface area contributed by atoms with Crippen molar-refractivity contribution in [3.05, 3.63) is 23.3 Å². The molecule has 5 fully saturated rings. The summed E-state index contributed by atoms with van der Waals surface area (Å²) in [6.07, 6.45) is 5.16. The van der Waals surface area contributed by atoms with Crippen LogP contribution in [0.25, 0.3) is 10.6 Å². The van der Waals surface area contributed by atoms with E-state index in [1.54, 1.807) is 0 Å². The van der Waals surface area contributed by atoms with Gasteiger partial charge in [0.05, 0.1) is 0 Å². The second-order valence-corrected chi connectivity index (χ2v) is 14.9. The zero-order valence-electron chi connectivity index (χ0n) is 30.2. The van der Waals surface area contributed by atoms with Crippen molar-refractivity contribution >= 4 is 17.9 Å². The Bertz CT molecular complexity index is 1110. The zero-order valence-corrected chi connectivity index (χ0v) is 37.1. The second-order valence-electron chi connectivity index (χ2n) is 14.9. The number of nitrogens with zero attached hydrogens (tertiary/aromatic N) is 2. The number of fused-ring (bicyclic) bond motifs is 8. The minimum atomic E-state index is -1.26. The second kappa shape index (κ2) is 20.3. The molecule has 0 saturated carbocycles. The van der Waals surface area contributed by atoms with Gasteiger partial charge >= 0.3 is 106 Å². The summed E-state index contributed by atoms with van der Waals surface area (Å²) in [5, 5.41) is 54.8. The topological polar surface area (TPSA) is 173 Å². The molecule has 15 unspecified atom stereocenters. The van der Waals surface area contributed by atoms with Crippen molar-refractivity contribution in [1.82, 2.24) is 10.6 Å². The van der Waals surface area contributed by atoms with Crippen LogP contribution < -0.4 is 115 Å². The van der Waals surface area contributed by atoms with Gasteiger partial charge in [0.25, 0.3) is 0 Å². The Hall–Kier alpha value is 1.51. The number of carboxylic acid groups (broad SMARTS) is 3. The molecule has 8 bridgehead atoms. The molecule has 5 saturated heterocycles. The molecule has 1 radical (unpaired) electrons. The van der Waals surface area contributed by atoms with Crippen LogP contribution in [0.2, 0.25) is 0 Å². The van der Waals surface area contributed by atoms with Gasteiger partial charge in [0, 0.05) is 48.0 Å². The smallest absolute Gasteiger partial charge is 0.656 e. The molecule has 17 atom stereocenters. The Morgan fingerprint density at radius 1 is 0.750 bits per heavy atom. The first-order valence-corrected chi connectivity index (χ1v) is 17.0. The summed E-state index contributed by atoms with van der Waals surface area (Å²) in [6.45, 7) is 14.9. The van der Waals surface area contributed by atoms with E-state index in [0.717, 1.165) is 19.3 Å². The van der Waals surface area contributed by atoms with E-state index in [-0.39, 0.29) is 184 Å². The molecule has 257 valence electrons. The minimum absolute atomic E-state index is 0. The number of rotatable bonds is 8. The van der Waals surface area contributed by atoms with E-state index in [1.807, 2.05) is 6.92 Å². The third-order valence-electron chi connectivity index (χ3n) is 12.9. The minimum Gasteiger partial charge on any atom is -0.656 e. The zero-order chi connectivity index (χ0) is 32.0. The van der Waals surface area contributed by atoms with E-state index >= 15 is 0 Å². The van der Waals surface area contributed by atoms with Crippen LogP contribution in [0, 0.1) is 53.3 Å². The number of carboxylic acids is 3. The van der Waals surface area contributed by atoms with Gasteiger partial charge in [-0.2, -0.15) is 0 Å². The van der Waals surface area contributed by atoms with E-state index < -0.39 is 41.8 Å². The van der Waals surface area contributed by atoms with E-state index in [1.165, 1.54) is 0 Å². The van der Waals surface area contributed by atoms with E-state index in [0.29, 0.717) is 24.7 Å². The molecule has 0 aliphatic carbocycles. The predicted molar refractivity (Wildman–Crippen MR) is 161 cm³/mol. The van der Waals surface area contributed by atoms with E-state index in [2.05, 4.69) is 51.0 Å². The van der Waals surface area contributed by atoms with Gasteiger partial charge in [-0.3, -0.25) is 0 Å². The molecule has 48 heavy (non-hydrogen) atoms. The number of carbonyl (C=O) groups excluding carboxylic acids is 3. The molecule has 5 aliphatic heterocycles. The molecule has 0 aromatic rings. The van der Waals surface area contributed by atoms with Gasteiger partial charge in [0.1, 0.15) is 0 Å². The maximum absolute atomic E-state index is 12.7. The monoisotopic (exact) mass is 743 g/mol. The van der Waals surface area contributed by atoms with Crippen molar-refractivity contribution in [3.63, 3.8) is 0 Å². The number of hydrogen-bond donors (Lipinski definition) is 2. The molecular weight excluding hydrogens is 693 g/mol. The molecule has 5 heterocycles. The standard InChI is InChI=1S/C34H54N4O6.Cu.3Na/c1-7-19-15(3)23-12-25-17(5)21(9-10-29(39)40)32(37-25)22(11-30(41)42)33-31(34(43)44)18(6)26(38-33)14-28-20(8-2)16(4)24(36-28)13-27(19)35-23;;;;/h7,15-28,31-33,36,38H,1,8-14H2,2-6H3,(H,39,40)(H,41,42)(H,43,44);;;;/q-2;+2;3*+1/p-3/t15?,16?,17-,18?,19?,20?,21-,22?,23?,24?,25?,26?,27?,28?,31?,32?,33?;;;;/m0..../s1. The maximum Gasteiger partial charge on any atom is 2.00 e. The molecular formula is C34H51CuN4Na3O6. The van der Waals surface area contributed by atoms with Crippen molar-refractivity contribution in [2.75, 3.05) is 0 Å². The predicted octanol–water partition coefficient (Wildman–Crippen LogP) is -8.25. The van der Waals surface area contributed by atoms with Gasteiger partial charge in [-0.05, 0) is 55.3 Å². The molecule has 5 aliphatic rings. The molecule has 5 rings (SSSR count). The normalized spacial score (nSPS) is 44.6. The fourth-order valence-corrected chi connectivity index (χ4v) is 10.4. The number of hydrogen-bond acceptors (Lipinski definition) is 8. The van der Waals surface area contributed by atoms with Gasteiger partial charge in [0.2, 0.25) is 0 Å². The van der Waals surface area contributed by atoms with Crippen molar-refractivity contribution in [3.8, 4) is 0 Å². The average Bonchev–Trinajstić information content (AvgIpc) is 3.63. The molecule has 14 heteroatoms. The SMILES string of the molecule is C=CC1C2CC3NC(CC4NC(C(CC(=O)[O-])C5[N-]C(CC([N-]2)C1C)[C@@H](C)[C@@H]5CCC(=O)[O-])C(C(=O)[O-])C4C)C(CC)C3C.[Cu+2].[Na+].[Na+].[Na+]. The van der Waals surface area contributed by atoms with Crippen molar-refractivity contribution in [2.24, 2.45) is 53.3 Å². The first-order valence-electron chi connectivity index (χ1n) is 17.0. The maximum atomic E-state index is 12.7. The number of aliphatic carboxylic acids is 3. The average molecular weight is 744 g/mol. The van der Waals surface area contributed by atoms with Crippen LogP contribution in [-0.2, 0) is 31.5 Å². The first kappa shape index (κ1) is 47.5. The quantitative estimate of drug-likeness (QED) is 0.182. The van der Waals surface area contributed by atoms with Gasteiger partial charge in [0.15, 0.2) is 0 Å². The Morgan fingerprint density at radius 2 is 1.38 bits per heavy atom. The molecule has 0 amide bonds. The molecule has 2 N–H and O–H groups in total. The van der Waals surface area contributed by atoms with Gasteiger partial charge in [-0.15, -0.1) is 30.7 Å².